The molecule has 2 aromatic rings. The van der Waals surface area contributed by atoms with Crippen LogP contribution in [0.4, 0.5) is 5.69 Å². The van der Waals surface area contributed by atoms with Crippen LogP contribution in [0.25, 0.3) is 0 Å². The van der Waals surface area contributed by atoms with Gasteiger partial charge in [-0.15, -0.1) is 0 Å². The molecule has 0 atom stereocenters. The Balaban J connectivity index is 2.19. The van der Waals surface area contributed by atoms with Gasteiger partial charge < -0.3 is 10.4 Å². The summed E-state index contributed by atoms with van der Waals surface area (Å²) < 4.78 is 1.21. The van der Waals surface area contributed by atoms with Gasteiger partial charge in [0.05, 0.1) is 0 Å². The molecule has 0 aliphatic heterocycles. The van der Waals surface area contributed by atoms with Crippen LogP contribution >= 0.6 is 34.2 Å². The maximum atomic E-state index is 9.77. The fraction of sp³-hybridized carbons (Fsp3) is 0.143. The average Bonchev–Trinajstić information content (AvgIpc) is 2.33. The highest BCUT2D eigenvalue weighted by Gasteiger charge is 2.07. The quantitative estimate of drug-likeness (QED) is 0.773. The molecule has 0 heterocycles. The van der Waals surface area contributed by atoms with Crippen molar-refractivity contribution in [3.8, 4) is 5.75 Å². The van der Waals surface area contributed by atoms with Crippen molar-refractivity contribution in [2.24, 2.45) is 0 Å². The van der Waals surface area contributed by atoms with Gasteiger partial charge in [0.25, 0.3) is 0 Å². The molecule has 0 amide bonds. The van der Waals surface area contributed by atoms with Crippen molar-refractivity contribution in [2.75, 3.05) is 5.32 Å². The molecule has 0 radical (unpaired) electrons. The minimum absolute atomic E-state index is 0.221. The van der Waals surface area contributed by atoms with E-state index in [1.807, 2.05) is 12.1 Å². The summed E-state index contributed by atoms with van der Waals surface area (Å²) in [7, 11) is 0. The normalized spacial score (nSPS) is 10.4. The van der Waals surface area contributed by atoms with Gasteiger partial charge in [0, 0.05) is 26.4 Å². The second kappa shape index (κ2) is 5.80. The number of phenolic OH excluding ortho intramolecular Hbond substituents is 1. The van der Waals surface area contributed by atoms with Gasteiger partial charge >= 0.3 is 0 Å². The van der Waals surface area contributed by atoms with Crippen LogP contribution in [0.15, 0.2) is 36.4 Å². The third kappa shape index (κ3) is 2.90. The summed E-state index contributed by atoms with van der Waals surface area (Å²) in [4.78, 5) is 0. The van der Waals surface area contributed by atoms with Gasteiger partial charge in [-0.2, -0.15) is 0 Å². The topological polar surface area (TPSA) is 32.3 Å². The molecular formula is C14H13ClINO. The molecular weight excluding hydrogens is 361 g/mol. The summed E-state index contributed by atoms with van der Waals surface area (Å²) in [6.45, 7) is 2.57. The Morgan fingerprint density at radius 1 is 1.22 bits per heavy atom. The van der Waals surface area contributed by atoms with Crippen molar-refractivity contribution in [3.63, 3.8) is 0 Å². The number of hydrogen-bond donors (Lipinski definition) is 2. The van der Waals surface area contributed by atoms with Gasteiger partial charge in [0.15, 0.2) is 0 Å². The molecule has 0 saturated heterocycles. The molecule has 0 aliphatic rings. The number of hydrogen-bond acceptors (Lipinski definition) is 2. The third-order valence-corrected chi connectivity index (χ3v) is 4.34. The number of halogens is 2. The van der Waals surface area contributed by atoms with Gasteiger partial charge in [0.1, 0.15) is 5.75 Å². The zero-order valence-corrected chi connectivity index (χ0v) is 12.8. The Bertz CT molecular complexity index is 551. The Labute approximate surface area is 125 Å². The molecule has 0 unspecified atom stereocenters. The Hall–Kier alpha value is -0.940. The minimum atomic E-state index is 0.221. The lowest BCUT2D eigenvalue weighted by Crippen LogP contribution is -2.02. The summed E-state index contributed by atoms with van der Waals surface area (Å²) in [6, 6.07) is 11.2. The molecule has 0 bridgehead atoms. The summed E-state index contributed by atoms with van der Waals surface area (Å²) in [5.41, 5.74) is 2.98. The van der Waals surface area contributed by atoms with E-state index < -0.39 is 0 Å². The Morgan fingerprint density at radius 2 is 1.94 bits per heavy atom. The summed E-state index contributed by atoms with van der Waals surface area (Å²) >= 11 is 8.37. The maximum Gasteiger partial charge on any atom is 0.122 e. The van der Waals surface area contributed by atoms with E-state index in [4.69, 9.17) is 11.6 Å². The number of anilines is 1. The first-order chi connectivity index (χ1) is 8.59. The highest BCUT2D eigenvalue weighted by molar-refractivity contribution is 14.1. The zero-order valence-electron chi connectivity index (χ0n) is 9.87. The van der Waals surface area contributed by atoms with Crippen LogP contribution < -0.4 is 5.32 Å². The van der Waals surface area contributed by atoms with E-state index in [0.717, 1.165) is 11.3 Å². The predicted molar refractivity (Wildman–Crippen MR) is 84.3 cm³/mol. The summed E-state index contributed by atoms with van der Waals surface area (Å²) in [6.07, 6.45) is 0. The maximum absolute atomic E-state index is 9.77. The molecule has 18 heavy (non-hydrogen) atoms. The van der Waals surface area contributed by atoms with E-state index in [9.17, 15) is 5.11 Å². The van der Waals surface area contributed by atoms with E-state index in [0.29, 0.717) is 11.6 Å². The number of aromatic hydroxyl groups is 1. The molecule has 94 valence electrons. The molecule has 0 fully saturated rings. The first-order valence-corrected chi connectivity index (χ1v) is 7.00. The fourth-order valence-corrected chi connectivity index (χ4v) is 2.44. The van der Waals surface area contributed by atoms with E-state index >= 15 is 0 Å². The fourth-order valence-electron chi connectivity index (χ4n) is 1.70. The smallest absolute Gasteiger partial charge is 0.122 e. The molecule has 4 heteroatoms. The number of nitrogens with one attached hydrogen (secondary N) is 1. The van der Waals surface area contributed by atoms with Crippen LogP contribution in [-0.4, -0.2) is 5.11 Å². The second-order valence-electron chi connectivity index (χ2n) is 4.00. The van der Waals surface area contributed by atoms with Crippen molar-refractivity contribution in [2.45, 2.75) is 13.5 Å². The average molecular weight is 374 g/mol. The zero-order chi connectivity index (χ0) is 13.1. The second-order valence-corrected chi connectivity index (χ2v) is 5.57. The summed E-state index contributed by atoms with van der Waals surface area (Å²) in [5, 5.41) is 13.6. The number of rotatable bonds is 3. The lowest BCUT2D eigenvalue weighted by Gasteiger charge is -2.12. The lowest BCUT2D eigenvalue weighted by atomic mass is 10.1. The SMILES string of the molecule is Cc1c(I)cccc1NCc1c(O)cccc1Cl. The highest BCUT2D eigenvalue weighted by atomic mass is 127. The van der Waals surface area contributed by atoms with Gasteiger partial charge in [-0.1, -0.05) is 23.7 Å². The van der Waals surface area contributed by atoms with Gasteiger partial charge in [-0.3, -0.25) is 0 Å². The summed E-state index contributed by atoms with van der Waals surface area (Å²) in [5.74, 6) is 0.221. The van der Waals surface area contributed by atoms with Gasteiger partial charge in [0.2, 0.25) is 0 Å². The van der Waals surface area contributed by atoms with Crippen molar-refractivity contribution in [1.29, 1.82) is 0 Å². The van der Waals surface area contributed by atoms with E-state index in [1.165, 1.54) is 9.13 Å². The van der Waals surface area contributed by atoms with Crippen LogP contribution in [0, 0.1) is 10.5 Å². The molecule has 0 spiro atoms. The van der Waals surface area contributed by atoms with E-state index in [1.54, 1.807) is 18.2 Å². The molecule has 0 aromatic heterocycles. The molecule has 2 rings (SSSR count). The van der Waals surface area contributed by atoms with Crippen LogP contribution in [0.5, 0.6) is 5.75 Å². The van der Waals surface area contributed by atoms with Crippen LogP contribution in [0.1, 0.15) is 11.1 Å². The standard InChI is InChI=1S/C14H13ClINO/c1-9-12(16)5-3-6-13(9)17-8-10-11(15)4-2-7-14(10)18/h2-7,17-18H,8H2,1H3. The van der Waals surface area contributed by atoms with Crippen molar-refractivity contribution in [3.05, 3.63) is 56.1 Å². The van der Waals surface area contributed by atoms with Gasteiger partial charge in [-0.25, -0.2) is 0 Å². The van der Waals surface area contributed by atoms with Crippen LogP contribution in [0.3, 0.4) is 0 Å². The highest BCUT2D eigenvalue weighted by Crippen LogP contribution is 2.27. The van der Waals surface area contributed by atoms with Crippen LogP contribution in [0.2, 0.25) is 5.02 Å². The first-order valence-electron chi connectivity index (χ1n) is 5.55. The molecule has 0 aliphatic carbocycles. The largest absolute Gasteiger partial charge is 0.508 e. The predicted octanol–water partition coefficient (Wildman–Crippen LogP) is 4.57. The van der Waals surface area contributed by atoms with Crippen molar-refractivity contribution < 1.29 is 5.11 Å². The molecule has 2 nitrogen and oxygen atoms in total. The third-order valence-electron chi connectivity index (χ3n) is 2.82. The van der Waals surface area contributed by atoms with Gasteiger partial charge in [-0.05, 0) is 59.3 Å². The van der Waals surface area contributed by atoms with E-state index in [-0.39, 0.29) is 5.75 Å². The Morgan fingerprint density at radius 3 is 2.67 bits per heavy atom. The number of phenols is 1. The molecule has 2 N–H and O–H groups in total. The first kappa shape index (κ1) is 13.5. The number of benzene rings is 2. The van der Waals surface area contributed by atoms with Crippen molar-refractivity contribution >= 4 is 39.9 Å². The lowest BCUT2D eigenvalue weighted by molar-refractivity contribution is 0.469. The minimum Gasteiger partial charge on any atom is -0.508 e. The molecule has 2 aromatic carbocycles. The van der Waals surface area contributed by atoms with E-state index in [2.05, 4.69) is 40.9 Å². The Kier molecular flexibility index (Phi) is 4.35. The molecule has 0 saturated carbocycles. The van der Waals surface area contributed by atoms with Crippen LogP contribution in [-0.2, 0) is 6.54 Å². The van der Waals surface area contributed by atoms with Crippen molar-refractivity contribution in [1.82, 2.24) is 0 Å². The monoisotopic (exact) mass is 373 g/mol.